The van der Waals surface area contributed by atoms with E-state index >= 15 is 0 Å². The van der Waals surface area contributed by atoms with Gasteiger partial charge in [0.2, 0.25) is 5.91 Å². The standard InChI is InChI=1S/C16H20N2O/c1-3-16(2,11-17)18-15(19)14-9-8-12-6-4-5-7-13(12)10-14/h4-7,14H,3,8-10H2,1-2H3,(H,18,19). The molecule has 2 unspecified atom stereocenters. The molecule has 0 aliphatic heterocycles. The summed E-state index contributed by atoms with van der Waals surface area (Å²) < 4.78 is 0. The highest BCUT2D eigenvalue weighted by atomic mass is 16.2. The predicted octanol–water partition coefficient (Wildman–Crippen LogP) is 2.60. The van der Waals surface area contributed by atoms with Crippen LogP contribution in [0.1, 0.15) is 37.8 Å². The Labute approximate surface area is 114 Å². The van der Waals surface area contributed by atoms with Crippen LogP contribution in [0.4, 0.5) is 0 Å². The van der Waals surface area contributed by atoms with E-state index in [1.54, 1.807) is 6.92 Å². The van der Waals surface area contributed by atoms with Crippen LogP contribution < -0.4 is 5.32 Å². The Morgan fingerprint density at radius 3 is 2.79 bits per heavy atom. The number of hydrogen-bond acceptors (Lipinski definition) is 2. The zero-order valence-corrected chi connectivity index (χ0v) is 11.6. The summed E-state index contributed by atoms with van der Waals surface area (Å²) in [4.78, 5) is 12.3. The third-order valence-electron chi connectivity index (χ3n) is 4.07. The molecule has 3 nitrogen and oxygen atoms in total. The van der Waals surface area contributed by atoms with Crippen molar-refractivity contribution in [1.29, 1.82) is 5.26 Å². The van der Waals surface area contributed by atoms with Gasteiger partial charge in [-0.25, -0.2) is 0 Å². The van der Waals surface area contributed by atoms with Crippen molar-refractivity contribution >= 4 is 5.91 Å². The van der Waals surface area contributed by atoms with Crippen LogP contribution in [-0.2, 0) is 17.6 Å². The van der Waals surface area contributed by atoms with E-state index in [0.717, 1.165) is 19.3 Å². The number of rotatable bonds is 3. The Morgan fingerprint density at radius 2 is 2.16 bits per heavy atom. The number of amides is 1. The van der Waals surface area contributed by atoms with Gasteiger partial charge in [0.1, 0.15) is 5.54 Å². The molecule has 0 bridgehead atoms. The van der Waals surface area contributed by atoms with Gasteiger partial charge >= 0.3 is 0 Å². The maximum Gasteiger partial charge on any atom is 0.224 e. The quantitative estimate of drug-likeness (QED) is 0.903. The van der Waals surface area contributed by atoms with Gasteiger partial charge in [0.15, 0.2) is 0 Å². The van der Waals surface area contributed by atoms with Crippen LogP contribution in [0.2, 0.25) is 0 Å². The molecule has 2 atom stereocenters. The molecule has 1 N–H and O–H groups in total. The Morgan fingerprint density at radius 1 is 1.47 bits per heavy atom. The fraction of sp³-hybridized carbons (Fsp3) is 0.500. The van der Waals surface area contributed by atoms with E-state index in [-0.39, 0.29) is 11.8 Å². The number of benzene rings is 1. The van der Waals surface area contributed by atoms with E-state index in [2.05, 4.69) is 23.5 Å². The lowest BCUT2D eigenvalue weighted by molar-refractivity contribution is -0.126. The number of aryl methyl sites for hydroxylation is 1. The number of hydrogen-bond donors (Lipinski definition) is 1. The van der Waals surface area contributed by atoms with Crippen molar-refractivity contribution in [2.45, 2.75) is 45.1 Å². The molecule has 1 aromatic carbocycles. The van der Waals surface area contributed by atoms with Crippen molar-refractivity contribution in [3.8, 4) is 6.07 Å². The maximum absolute atomic E-state index is 12.3. The van der Waals surface area contributed by atoms with Crippen LogP contribution in [0.15, 0.2) is 24.3 Å². The van der Waals surface area contributed by atoms with E-state index in [1.807, 2.05) is 19.1 Å². The molecule has 2 rings (SSSR count). The first-order valence-corrected chi connectivity index (χ1v) is 6.88. The molecule has 3 heteroatoms. The Bertz CT molecular complexity index is 518. The zero-order valence-electron chi connectivity index (χ0n) is 11.6. The molecule has 19 heavy (non-hydrogen) atoms. The molecule has 100 valence electrons. The van der Waals surface area contributed by atoms with E-state index < -0.39 is 5.54 Å². The highest BCUT2D eigenvalue weighted by Gasteiger charge is 2.30. The van der Waals surface area contributed by atoms with E-state index in [1.165, 1.54) is 11.1 Å². The number of fused-ring (bicyclic) bond motifs is 1. The van der Waals surface area contributed by atoms with Crippen LogP contribution in [0.25, 0.3) is 0 Å². The third-order valence-corrected chi connectivity index (χ3v) is 4.07. The topological polar surface area (TPSA) is 52.9 Å². The fourth-order valence-electron chi connectivity index (χ4n) is 2.49. The van der Waals surface area contributed by atoms with Gasteiger partial charge in [0.25, 0.3) is 0 Å². The summed E-state index contributed by atoms with van der Waals surface area (Å²) in [6, 6.07) is 10.5. The third kappa shape index (κ3) is 2.96. The average Bonchev–Trinajstić information content (AvgIpc) is 2.46. The SMILES string of the molecule is CCC(C)(C#N)NC(=O)C1CCc2ccccc2C1. The van der Waals surface area contributed by atoms with Crippen LogP contribution in [-0.4, -0.2) is 11.4 Å². The number of carbonyl (C=O) groups is 1. The van der Waals surface area contributed by atoms with Crippen molar-refractivity contribution in [2.75, 3.05) is 0 Å². The minimum Gasteiger partial charge on any atom is -0.338 e. The predicted molar refractivity (Wildman–Crippen MR) is 74.4 cm³/mol. The highest BCUT2D eigenvalue weighted by Crippen LogP contribution is 2.26. The van der Waals surface area contributed by atoms with Gasteiger partial charge in [-0.05, 0) is 43.7 Å². The van der Waals surface area contributed by atoms with Crippen molar-refractivity contribution in [1.82, 2.24) is 5.32 Å². The normalized spacial score (nSPS) is 20.8. The van der Waals surface area contributed by atoms with Gasteiger partial charge in [-0.3, -0.25) is 4.79 Å². The summed E-state index contributed by atoms with van der Waals surface area (Å²) in [7, 11) is 0. The molecule has 0 saturated carbocycles. The molecule has 0 fully saturated rings. The van der Waals surface area contributed by atoms with Gasteiger partial charge in [-0.2, -0.15) is 5.26 Å². The van der Waals surface area contributed by atoms with E-state index in [0.29, 0.717) is 6.42 Å². The minimum atomic E-state index is -0.742. The maximum atomic E-state index is 12.3. The van der Waals surface area contributed by atoms with Crippen LogP contribution in [0.3, 0.4) is 0 Å². The second-order valence-corrected chi connectivity index (χ2v) is 5.50. The Balaban J connectivity index is 2.06. The molecule has 0 radical (unpaired) electrons. The molecule has 0 saturated heterocycles. The van der Waals surface area contributed by atoms with E-state index in [9.17, 15) is 4.79 Å². The van der Waals surface area contributed by atoms with Gasteiger partial charge in [0, 0.05) is 5.92 Å². The number of nitrogens with zero attached hydrogens (tertiary/aromatic N) is 1. The van der Waals surface area contributed by atoms with Crippen molar-refractivity contribution in [2.24, 2.45) is 5.92 Å². The first kappa shape index (κ1) is 13.6. The smallest absolute Gasteiger partial charge is 0.224 e. The molecular formula is C16H20N2O. The van der Waals surface area contributed by atoms with Crippen LogP contribution in [0, 0.1) is 17.2 Å². The largest absolute Gasteiger partial charge is 0.338 e. The lowest BCUT2D eigenvalue weighted by Crippen LogP contribution is -2.47. The Kier molecular flexibility index (Phi) is 3.90. The average molecular weight is 256 g/mol. The molecule has 0 spiro atoms. The molecule has 0 heterocycles. The number of nitriles is 1. The highest BCUT2D eigenvalue weighted by molar-refractivity contribution is 5.80. The minimum absolute atomic E-state index is 0.00544. The van der Waals surface area contributed by atoms with Gasteiger partial charge < -0.3 is 5.32 Å². The number of carbonyl (C=O) groups excluding carboxylic acids is 1. The van der Waals surface area contributed by atoms with E-state index in [4.69, 9.17) is 5.26 Å². The molecular weight excluding hydrogens is 236 g/mol. The fourth-order valence-corrected chi connectivity index (χ4v) is 2.49. The van der Waals surface area contributed by atoms with Gasteiger partial charge in [0.05, 0.1) is 6.07 Å². The lowest BCUT2D eigenvalue weighted by atomic mass is 9.83. The van der Waals surface area contributed by atoms with Crippen molar-refractivity contribution < 1.29 is 4.79 Å². The monoisotopic (exact) mass is 256 g/mol. The summed E-state index contributed by atoms with van der Waals surface area (Å²) in [5, 5.41) is 12.0. The molecule has 1 aromatic rings. The summed E-state index contributed by atoms with van der Waals surface area (Å²) in [5.41, 5.74) is 1.88. The lowest BCUT2D eigenvalue weighted by Gasteiger charge is -2.28. The zero-order chi connectivity index (χ0) is 13.9. The molecule has 1 aliphatic rings. The molecule has 1 aliphatic carbocycles. The van der Waals surface area contributed by atoms with Crippen LogP contribution >= 0.6 is 0 Å². The molecule has 0 aromatic heterocycles. The van der Waals surface area contributed by atoms with Gasteiger partial charge in [-0.15, -0.1) is 0 Å². The van der Waals surface area contributed by atoms with Crippen molar-refractivity contribution in [3.63, 3.8) is 0 Å². The summed E-state index contributed by atoms with van der Waals surface area (Å²) in [6.45, 7) is 3.70. The summed E-state index contributed by atoms with van der Waals surface area (Å²) in [6.07, 6.45) is 3.23. The first-order chi connectivity index (χ1) is 9.08. The Hall–Kier alpha value is -1.82. The van der Waals surface area contributed by atoms with Gasteiger partial charge in [-0.1, -0.05) is 31.2 Å². The van der Waals surface area contributed by atoms with Crippen molar-refractivity contribution in [3.05, 3.63) is 35.4 Å². The second kappa shape index (κ2) is 5.44. The molecule has 1 amide bonds. The number of nitrogens with one attached hydrogen (secondary N) is 1. The summed E-state index contributed by atoms with van der Waals surface area (Å²) >= 11 is 0. The second-order valence-electron chi connectivity index (χ2n) is 5.50. The summed E-state index contributed by atoms with van der Waals surface area (Å²) in [5.74, 6) is 0.00882. The van der Waals surface area contributed by atoms with Crippen LogP contribution in [0.5, 0.6) is 0 Å². The first-order valence-electron chi connectivity index (χ1n) is 6.88.